The van der Waals surface area contributed by atoms with Gasteiger partial charge in [0.1, 0.15) is 0 Å². The highest BCUT2D eigenvalue weighted by atomic mass is 79.9. The van der Waals surface area contributed by atoms with Crippen LogP contribution < -0.4 is 5.32 Å². The predicted molar refractivity (Wildman–Crippen MR) is 64.4 cm³/mol. The fourth-order valence-electron chi connectivity index (χ4n) is 0.914. The third-order valence-electron chi connectivity index (χ3n) is 1.69. The predicted octanol–water partition coefficient (Wildman–Crippen LogP) is 2.43. The third kappa shape index (κ3) is 4.15. The smallest absolute Gasteiger partial charge is 0.229 e. The average molecular weight is 274 g/mol. The molecule has 0 saturated carbocycles. The molecule has 0 fully saturated rings. The van der Waals surface area contributed by atoms with E-state index in [4.69, 9.17) is 0 Å². The Morgan fingerprint density at radius 2 is 2.07 bits per heavy atom. The molecule has 0 aliphatic rings. The molecule has 0 heterocycles. The van der Waals surface area contributed by atoms with Gasteiger partial charge in [0.15, 0.2) is 0 Å². The van der Waals surface area contributed by atoms with Crippen molar-refractivity contribution in [3.8, 4) is 0 Å². The normalized spacial score (nSPS) is 9.86. The monoisotopic (exact) mass is 273 g/mol. The van der Waals surface area contributed by atoms with Crippen molar-refractivity contribution in [3.05, 3.63) is 34.3 Å². The minimum atomic E-state index is 0.0760. The van der Waals surface area contributed by atoms with Gasteiger partial charge in [0, 0.05) is 17.3 Å². The van der Waals surface area contributed by atoms with Crippen LogP contribution in [0.15, 0.2) is 28.7 Å². The van der Waals surface area contributed by atoms with Crippen LogP contribution >= 0.6 is 27.7 Å². The van der Waals surface area contributed by atoms with Gasteiger partial charge in [0.25, 0.3) is 0 Å². The van der Waals surface area contributed by atoms with Gasteiger partial charge in [-0.15, -0.1) is 11.8 Å². The van der Waals surface area contributed by atoms with Gasteiger partial charge in [-0.3, -0.25) is 4.79 Å². The second-order valence-corrected chi connectivity index (χ2v) is 4.69. The van der Waals surface area contributed by atoms with Crippen LogP contribution in [-0.2, 0) is 10.5 Å². The molecule has 14 heavy (non-hydrogen) atoms. The molecule has 1 aromatic carbocycles. The molecule has 76 valence electrons. The molecule has 1 rings (SSSR count). The quantitative estimate of drug-likeness (QED) is 0.913. The Kier molecular flexibility index (Phi) is 5.04. The number of halogens is 1. The Balaban J connectivity index is 2.31. The number of hydrogen-bond acceptors (Lipinski definition) is 2. The molecule has 0 aliphatic heterocycles. The van der Waals surface area contributed by atoms with E-state index >= 15 is 0 Å². The van der Waals surface area contributed by atoms with Crippen molar-refractivity contribution in [2.24, 2.45) is 0 Å². The van der Waals surface area contributed by atoms with E-state index in [1.807, 2.05) is 12.1 Å². The molecule has 1 amide bonds. The molecule has 4 heteroatoms. The van der Waals surface area contributed by atoms with Crippen molar-refractivity contribution in [2.45, 2.75) is 5.75 Å². The molecule has 0 radical (unpaired) electrons. The molecule has 0 bridgehead atoms. The number of nitrogens with one attached hydrogen (secondary N) is 1. The van der Waals surface area contributed by atoms with Gasteiger partial charge < -0.3 is 5.32 Å². The van der Waals surface area contributed by atoms with E-state index in [0.29, 0.717) is 5.75 Å². The zero-order chi connectivity index (χ0) is 10.4. The van der Waals surface area contributed by atoms with Gasteiger partial charge in [-0.1, -0.05) is 28.1 Å². The van der Waals surface area contributed by atoms with Crippen LogP contribution in [0.2, 0.25) is 0 Å². The van der Waals surface area contributed by atoms with Crippen molar-refractivity contribution >= 4 is 33.6 Å². The Morgan fingerprint density at radius 3 is 2.64 bits per heavy atom. The Bertz CT molecular complexity index is 299. The van der Waals surface area contributed by atoms with E-state index in [9.17, 15) is 4.79 Å². The number of hydrogen-bond donors (Lipinski definition) is 1. The molecule has 0 spiro atoms. The first kappa shape index (κ1) is 11.6. The maximum absolute atomic E-state index is 10.9. The van der Waals surface area contributed by atoms with Crippen LogP contribution in [0.4, 0.5) is 0 Å². The van der Waals surface area contributed by atoms with E-state index in [-0.39, 0.29) is 5.91 Å². The number of amides is 1. The van der Waals surface area contributed by atoms with Crippen molar-refractivity contribution in [3.63, 3.8) is 0 Å². The van der Waals surface area contributed by atoms with Gasteiger partial charge in [0.05, 0.1) is 5.75 Å². The molecule has 2 nitrogen and oxygen atoms in total. The maximum atomic E-state index is 10.9. The van der Waals surface area contributed by atoms with Crippen LogP contribution in [0.25, 0.3) is 0 Å². The molecule has 0 saturated heterocycles. The van der Waals surface area contributed by atoms with E-state index in [0.717, 1.165) is 10.2 Å². The topological polar surface area (TPSA) is 29.1 Å². The first-order valence-corrected chi connectivity index (χ1v) is 6.20. The summed E-state index contributed by atoms with van der Waals surface area (Å²) in [4.78, 5) is 10.9. The summed E-state index contributed by atoms with van der Waals surface area (Å²) in [6.45, 7) is 0. The fourth-order valence-corrected chi connectivity index (χ4v) is 2.04. The van der Waals surface area contributed by atoms with Gasteiger partial charge >= 0.3 is 0 Å². The van der Waals surface area contributed by atoms with Crippen molar-refractivity contribution in [2.75, 3.05) is 12.8 Å². The summed E-state index contributed by atoms with van der Waals surface area (Å²) in [5.41, 5.74) is 1.24. The van der Waals surface area contributed by atoms with E-state index in [1.165, 1.54) is 5.56 Å². The number of benzene rings is 1. The Hall–Kier alpha value is -0.480. The first-order valence-electron chi connectivity index (χ1n) is 4.25. The summed E-state index contributed by atoms with van der Waals surface area (Å²) in [7, 11) is 1.66. The number of carbonyl (C=O) groups is 1. The lowest BCUT2D eigenvalue weighted by atomic mass is 10.2. The summed E-state index contributed by atoms with van der Waals surface area (Å²) < 4.78 is 1.08. The van der Waals surface area contributed by atoms with E-state index in [2.05, 4.69) is 33.4 Å². The lowest BCUT2D eigenvalue weighted by Gasteiger charge is -2.01. The van der Waals surface area contributed by atoms with Crippen molar-refractivity contribution in [1.29, 1.82) is 0 Å². The molecule has 0 aliphatic carbocycles. The van der Waals surface area contributed by atoms with Crippen LogP contribution in [0, 0.1) is 0 Å². The summed E-state index contributed by atoms with van der Waals surface area (Å²) in [5, 5.41) is 2.59. The van der Waals surface area contributed by atoms with Gasteiger partial charge in [-0.05, 0) is 17.7 Å². The summed E-state index contributed by atoms with van der Waals surface area (Å²) in [5.74, 6) is 1.47. The highest BCUT2D eigenvalue weighted by molar-refractivity contribution is 9.10. The second-order valence-electron chi connectivity index (χ2n) is 2.79. The molecular formula is C10H12BrNOS. The SMILES string of the molecule is CNC(=O)CSCc1ccc(Br)cc1. The second kappa shape index (κ2) is 6.09. The zero-order valence-corrected chi connectivity index (χ0v) is 10.3. The summed E-state index contributed by atoms with van der Waals surface area (Å²) in [6.07, 6.45) is 0. The van der Waals surface area contributed by atoms with Gasteiger partial charge in [-0.2, -0.15) is 0 Å². The summed E-state index contributed by atoms with van der Waals surface area (Å²) in [6, 6.07) is 8.13. The lowest BCUT2D eigenvalue weighted by Crippen LogP contribution is -2.19. The molecule has 0 atom stereocenters. The van der Waals surface area contributed by atoms with E-state index in [1.54, 1.807) is 18.8 Å². The number of carbonyl (C=O) groups excluding carboxylic acids is 1. The minimum absolute atomic E-state index is 0.0760. The molecular weight excluding hydrogens is 262 g/mol. The molecule has 1 aromatic rings. The first-order chi connectivity index (χ1) is 6.72. The molecule has 1 N–H and O–H groups in total. The lowest BCUT2D eigenvalue weighted by molar-refractivity contribution is -0.118. The van der Waals surface area contributed by atoms with E-state index < -0.39 is 0 Å². The minimum Gasteiger partial charge on any atom is -0.358 e. The van der Waals surface area contributed by atoms with Crippen molar-refractivity contribution in [1.82, 2.24) is 5.32 Å². The molecule has 0 aromatic heterocycles. The maximum Gasteiger partial charge on any atom is 0.229 e. The van der Waals surface area contributed by atoms with Crippen LogP contribution in [0.3, 0.4) is 0 Å². The zero-order valence-electron chi connectivity index (χ0n) is 7.92. The van der Waals surface area contributed by atoms with Crippen LogP contribution in [-0.4, -0.2) is 18.7 Å². The fraction of sp³-hybridized carbons (Fsp3) is 0.300. The highest BCUT2D eigenvalue weighted by Gasteiger charge is 1.98. The van der Waals surface area contributed by atoms with Crippen LogP contribution in [0.1, 0.15) is 5.56 Å². The number of rotatable bonds is 4. The molecule has 0 unspecified atom stereocenters. The van der Waals surface area contributed by atoms with Crippen LogP contribution in [0.5, 0.6) is 0 Å². The highest BCUT2D eigenvalue weighted by Crippen LogP contribution is 2.15. The van der Waals surface area contributed by atoms with Crippen molar-refractivity contribution < 1.29 is 4.79 Å². The Labute approximate surface area is 96.6 Å². The Morgan fingerprint density at radius 1 is 1.43 bits per heavy atom. The standard InChI is InChI=1S/C10H12BrNOS/c1-12-10(13)7-14-6-8-2-4-9(11)5-3-8/h2-5H,6-7H2,1H3,(H,12,13). The summed E-state index contributed by atoms with van der Waals surface area (Å²) >= 11 is 4.99. The average Bonchev–Trinajstić information content (AvgIpc) is 2.21. The van der Waals surface area contributed by atoms with Gasteiger partial charge in [-0.25, -0.2) is 0 Å². The third-order valence-corrected chi connectivity index (χ3v) is 3.23. The number of thioether (sulfide) groups is 1. The largest absolute Gasteiger partial charge is 0.358 e. The van der Waals surface area contributed by atoms with Gasteiger partial charge in [0.2, 0.25) is 5.91 Å².